The van der Waals surface area contributed by atoms with Crippen LogP contribution in [0.5, 0.6) is 0 Å². The highest BCUT2D eigenvalue weighted by molar-refractivity contribution is 6.38. The molecule has 0 saturated heterocycles. The number of nitrogens with one attached hydrogen (secondary N) is 1. The van der Waals surface area contributed by atoms with Crippen LogP contribution in [-0.2, 0) is 4.79 Å². The first-order chi connectivity index (χ1) is 11.2. The van der Waals surface area contributed by atoms with Crippen LogP contribution in [0.1, 0.15) is 53.4 Å². The van der Waals surface area contributed by atoms with Gasteiger partial charge in [-0.3, -0.25) is 15.2 Å². The van der Waals surface area contributed by atoms with Crippen LogP contribution in [0.25, 0.3) is 0 Å². The largest absolute Gasteiger partial charge is 0.291 e. The van der Waals surface area contributed by atoms with Gasteiger partial charge in [0.1, 0.15) is 0 Å². The van der Waals surface area contributed by atoms with Crippen LogP contribution in [-0.4, -0.2) is 17.3 Å². The summed E-state index contributed by atoms with van der Waals surface area (Å²) in [7, 11) is 0. The molecule has 1 heterocycles. The van der Waals surface area contributed by atoms with E-state index in [-0.39, 0.29) is 11.4 Å². The maximum Gasteiger partial charge on any atom is 0.196 e. The van der Waals surface area contributed by atoms with Crippen LogP contribution in [0.15, 0.2) is 29.3 Å². The molecule has 24 heavy (non-hydrogen) atoms. The lowest BCUT2D eigenvalue weighted by atomic mass is 9.69. The fourth-order valence-electron chi connectivity index (χ4n) is 3.83. The van der Waals surface area contributed by atoms with Crippen molar-refractivity contribution in [2.75, 3.05) is 5.01 Å². The van der Waals surface area contributed by atoms with E-state index in [1.165, 1.54) is 0 Å². The van der Waals surface area contributed by atoms with Crippen LogP contribution < -0.4 is 10.4 Å². The van der Waals surface area contributed by atoms with E-state index < -0.39 is 0 Å². The maximum absolute atomic E-state index is 11.9. The minimum absolute atomic E-state index is 0.0243. The van der Waals surface area contributed by atoms with Crippen molar-refractivity contribution in [3.05, 3.63) is 29.3 Å². The molecule has 1 N–H and O–H groups in total. The third-order valence-electron chi connectivity index (χ3n) is 5.38. The van der Waals surface area contributed by atoms with Crippen LogP contribution >= 0.6 is 11.6 Å². The Labute approximate surface area is 149 Å². The van der Waals surface area contributed by atoms with Gasteiger partial charge in [0.05, 0.1) is 5.69 Å². The number of carbonyl (C=O) groups excluding carboxylic acids is 1. The number of nitrogens with zero attached hydrogens (tertiary/aromatic N) is 2. The zero-order chi connectivity index (χ0) is 17.5. The highest BCUT2D eigenvalue weighted by atomic mass is 35.5. The molecular weight excluding hydrogens is 322 g/mol. The van der Waals surface area contributed by atoms with E-state index in [1.54, 1.807) is 6.92 Å². The van der Waals surface area contributed by atoms with Crippen molar-refractivity contribution >= 4 is 28.9 Å². The van der Waals surface area contributed by atoms with Gasteiger partial charge in [-0.1, -0.05) is 32.4 Å². The second kappa shape index (κ2) is 6.07. The van der Waals surface area contributed by atoms with Crippen molar-refractivity contribution in [1.82, 2.24) is 5.43 Å². The van der Waals surface area contributed by atoms with Gasteiger partial charge < -0.3 is 0 Å². The predicted octanol–water partition coefficient (Wildman–Crippen LogP) is 4.58. The number of hydrazine groups is 1. The topological polar surface area (TPSA) is 44.7 Å². The number of amidine groups is 1. The molecule has 1 aromatic carbocycles. The molecular formula is C19H26ClN3O. The van der Waals surface area contributed by atoms with Gasteiger partial charge in [-0.15, -0.1) is 0 Å². The molecule has 0 atom stereocenters. The van der Waals surface area contributed by atoms with Crippen LogP contribution in [0, 0.1) is 11.3 Å². The van der Waals surface area contributed by atoms with E-state index in [2.05, 4.69) is 31.2 Å². The average Bonchev–Trinajstić information content (AvgIpc) is 2.87. The Bertz CT molecular complexity index is 652. The molecule has 130 valence electrons. The molecule has 1 aromatic rings. The summed E-state index contributed by atoms with van der Waals surface area (Å²) in [6, 6.07) is 7.70. The van der Waals surface area contributed by atoms with Gasteiger partial charge >= 0.3 is 0 Å². The quantitative estimate of drug-likeness (QED) is 0.851. The van der Waals surface area contributed by atoms with E-state index in [4.69, 9.17) is 16.6 Å². The number of benzene rings is 1. The summed E-state index contributed by atoms with van der Waals surface area (Å²) < 4.78 is 0. The molecule has 4 nitrogen and oxygen atoms in total. The number of ketones is 1. The van der Waals surface area contributed by atoms with E-state index in [0.717, 1.165) is 31.4 Å². The first-order valence-electron chi connectivity index (χ1n) is 8.64. The minimum atomic E-state index is -0.365. The Hall–Kier alpha value is -1.55. The molecule has 1 aliphatic heterocycles. The summed E-state index contributed by atoms with van der Waals surface area (Å²) in [6.07, 6.45) is 4.12. The van der Waals surface area contributed by atoms with Crippen molar-refractivity contribution in [3.8, 4) is 0 Å². The molecule has 3 rings (SSSR count). The smallest absolute Gasteiger partial charge is 0.196 e. The van der Waals surface area contributed by atoms with Gasteiger partial charge in [-0.05, 0) is 61.3 Å². The Balaban J connectivity index is 1.90. The number of hydrogen-bond acceptors (Lipinski definition) is 4. The van der Waals surface area contributed by atoms with Crippen LogP contribution in [0.3, 0.4) is 0 Å². The van der Waals surface area contributed by atoms with Gasteiger partial charge in [-0.2, -0.15) is 0 Å². The third-order valence-corrected chi connectivity index (χ3v) is 5.64. The standard InChI is InChI=1S/C19H26ClN3O/c1-13(24)17-21-19(11-9-14(10-12-19)18(2,3)4)23(22-17)16-7-5-15(20)6-8-16/h5-8,14H,9-12H2,1-4H3,(H,21,22). The van der Waals surface area contributed by atoms with Crippen molar-refractivity contribution in [2.24, 2.45) is 16.3 Å². The Morgan fingerprint density at radius 2 is 1.83 bits per heavy atom. The predicted molar refractivity (Wildman–Crippen MR) is 99.3 cm³/mol. The second-order valence-corrected chi connectivity index (χ2v) is 8.50. The molecule has 5 heteroatoms. The zero-order valence-electron chi connectivity index (χ0n) is 14.9. The lowest BCUT2D eigenvalue weighted by Gasteiger charge is -2.45. The fraction of sp³-hybridized carbons (Fsp3) is 0.579. The number of Topliss-reactive ketones (excluding diaryl/α,β-unsaturated/α-hetero) is 1. The van der Waals surface area contributed by atoms with E-state index in [1.807, 2.05) is 24.3 Å². The number of rotatable bonds is 2. The highest BCUT2D eigenvalue weighted by Crippen LogP contribution is 2.46. The number of anilines is 1. The van der Waals surface area contributed by atoms with Crippen molar-refractivity contribution < 1.29 is 4.79 Å². The summed E-state index contributed by atoms with van der Waals surface area (Å²) in [5.74, 6) is 1.12. The zero-order valence-corrected chi connectivity index (χ0v) is 15.7. The molecule has 0 radical (unpaired) electrons. The van der Waals surface area contributed by atoms with E-state index >= 15 is 0 Å². The SMILES string of the molecule is CC(=O)C1=NC2(CCC(C(C)(C)C)CC2)N(c2ccc(Cl)cc2)N1. The summed E-state index contributed by atoms with van der Waals surface area (Å²) in [4.78, 5) is 16.7. The van der Waals surface area contributed by atoms with Gasteiger partial charge in [0.2, 0.25) is 0 Å². The lowest BCUT2D eigenvalue weighted by Crippen LogP contribution is -2.53. The number of carbonyl (C=O) groups is 1. The minimum Gasteiger partial charge on any atom is -0.291 e. The van der Waals surface area contributed by atoms with Gasteiger partial charge in [0.25, 0.3) is 0 Å². The van der Waals surface area contributed by atoms with Gasteiger partial charge in [-0.25, -0.2) is 4.99 Å². The molecule has 1 spiro atoms. The normalized spacial score (nSPS) is 27.1. The molecule has 0 unspecified atom stereocenters. The summed E-state index contributed by atoms with van der Waals surface area (Å²) in [5.41, 5.74) is 4.17. The Morgan fingerprint density at radius 3 is 2.33 bits per heavy atom. The summed E-state index contributed by atoms with van der Waals surface area (Å²) in [5, 5.41) is 2.77. The molecule has 1 aliphatic carbocycles. The Morgan fingerprint density at radius 1 is 1.25 bits per heavy atom. The first kappa shape index (κ1) is 17.3. The fourth-order valence-corrected chi connectivity index (χ4v) is 3.95. The number of hydrogen-bond donors (Lipinski definition) is 1. The maximum atomic E-state index is 11.9. The molecule has 1 saturated carbocycles. The summed E-state index contributed by atoms with van der Waals surface area (Å²) >= 11 is 6.02. The number of aliphatic imine (C=N–C) groups is 1. The second-order valence-electron chi connectivity index (χ2n) is 8.06. The molecule has 0 amide bonds. The summed E-state index contributed by atoms with van der Waals surface area (Å²) in [6.45, 7) is 8.49. The van der Waals surface area contributed by atoms with Crippen LogP contribution in [0.2, 0.25) is 5.02 Å². The number of halogens is 1. The monoisotopic (exact) mass is 347 g/mol. The lowest BCUT2D eigenvalue weighted by molar-refractivity contribution is -0.111. The van der Waals surface area contributed by atoms with Gasteiger partial charge in [0, 0.05) is 11.9 Å². The van der Waals surface area contributed by atoms with E-state index in [0.29, 0.717) is 22.2 Å². The molecule has 1 fully saturated rings. The van der Waals surface area contributed by atoms with Crippen LogP contribution in [0.4, 0.5) is 5.69 Å². The highest BCUT2D eigenvalue weighted by Gasteiger charge is 2.47. The van der Waals surface area contributed by atoms with E-state index in [9.17, 15) is 4.79 Å². The van der Waals surface area contributed by atoms with Crippen molar-refractivity contribution in [2.45, 2.75) is 59.0 Å². The average molecular weight is 348 g/mol. The Kier molecular flexibility index (Phi) is 4.37. The third kappa shape index (κ3) is 3.16. The first-order valence-corrected chi connectivity index (χ1v) is 9.02. The molecule has 0 aromatic heterocycles. The van der Waals surface area contributed by atoms with Gasteiger partial charge in [0.15, 0.2) is 17.3 Å². The van der Waals surface area contributed by atoms with Crippen molar-refractivity contribution in [3.63, 3.8) is 0 Å². The molecule has 0 bridgehead atoms. The van der Waals surface area contributed by atoms with Crippen molar-refractivity contribution in [1.29, 1.82) is 0 Å². The molecule has 2 aliphatic rings.